The summed E-state index contributed by atoms with van der Waals surface area (Å²) in [6, 6.07) is 12.8. The van der Waals surface area contributed by atoms with Gasteiger partial charge >= 0.3 is 0 Å². The summed E-state index contributed by atoms with van der Waals surface area (Å²) in [4.78, 5) is 15.3. The Labute approximate surface area is 116 Å². The van der Waals surface area contributed by atoms with Crippen LogP contribution < -0.4 is 10.1 Å². The van der Waals surface area contributed by atoms with Crippen molar-refractivity contribution in [3.05, 3.63) is 54.4 Å². The van der Waals surface area contributed by atoms with Crippen molar-refractivity contribution in [2.24, 2.45) is 0 Å². The molecule has 0 saturated carbocycles. The Morgan fingerprint density at radius 2 is 2.00 bits per heavy atom. The fourth-order valence-electron chi connectivity index (χ4n) is 1.47. The van der Waals surface area contributed by atoms with Crippen LogP contribution in [0.2, 0.25) is 0 Å². The number of benzene rings is 1. The Bertz CT molecular complexity index is 529. The molecule has 2 rings (SSSR count). The fraction of sp³-hybridized carbons (Fsp3) is 0.143. The van der Waals surface area contributed by atoms with E-state index in [0.29, 0.717) is 12.3 Å². The second-order valence-corrected chi connectivity index (χ2v) is 4.08. The van der Waals surface area contributed by atoms with Crippen molar-refractivity contribution in [2.45, 2.75) is 6.61 Å². The molecule has 0 spiro atoms. The van der Waals surface area contributed by atoms with Gasteiger partial charge in [0, 0.05) is 11.9 Å². The van der Waals surface area contributed by atoms with Gasteiger partial charge in [0.15, 0.2) is 0 Å². The number of aromatic nitrogens is 1. The summed E-state index contributed by atoms with van der Waals surface area (Å²) < 4.78 is 5.58. The van der Waals surface area contributed by atoms with E-state index in [2.05, 4.69) is 10.3 Å². The fourth-order valence-corrected chi connectivity index (χ4v) is 1.54. The first-order valence-electron chi connectivity index (χ1n) is 5.76. The molecule has 19 heavy (non-hydrogen) atoms. The van der Waals surface area contributed by atoms with E-state index in [1.807, 2.05) is 18.2 Å². The molecule has 0 atom stereocenters. The highest BCUT2D eigenvalue weighted by Crippen LogP contribution is 2.16. The topological polar surface area (TPSA) is 51.2 Å². The van der Waals surface area contributed by atoms with E-state index in [0.717, 1.165) is 11.4 Å². The Balaban J connectivity index is 1.90. The number of nitrogens with zero attached hydrogens (tertiary/aromatic N) is 1. The van der Waals surface area contributed by atoms with Gasteiger partial charge in [-0.05, 0) is 36.4 Å². The number of hydrogen-bond acceptors (Lipinski definition) is 3. The van der Waals surface area contributed by atoms with Crippen molar-refractivity contribution in [3.8, 4) is 5.75 Å². The van der Waals surface area contributed by atoms with E-state index < -0.39 is 0 Å². The zero-order chi connectivity index (χ0) is 13.5. The maximum atomic E-state index is 11.1. The number of pyridine rings is 1. The minimum absolute atomic E-state index is 0.0576. The van der Waals surface area contributed by atoms with E-state index in [1.54, 1.807) is 30.5 Å². The third-order valence-electron chi connectivity index (χ3n) is 2.37. The molecule has 0 aliphatic carbocycles. The summed E-state index contributed by atoms with van der Waals surface area (Å²) in [7, 11) is 0. The van der Waals surface area contributed by atoms with Gasteiger partial charge in [-0.3, -0.25) is 9.78 Å². The lowest BCUT2D eigenvalue weighted by Crippen LogP contribution is -2.12. The van der Waals surface area contributed by atoms with Crippen molar-refractivity contribution in [1.29, 1.82) is 0 Å². The molecule has 0 saturated heterocycles. The Hall–Kier alpha value is -2.07. The number of halogens is 1. The third-order valence-corrected chi connectivity index (χ3v) is 2.62. The van der Waals surface area contributed by atoms with Gasteiger partial charge < -0.3 is 10.1 Å². The number of alkyl halides is 1. The molecule has 0 bridgehead atoms. The third kappa shape index (κ3) is 4.26. The molecule has 0 radical (unpaired) electrons. The molecule has 1 N–H and O–H groups in total. The van der Waals surface area contributed by atoms with E-state index in [9.17, 15) is 4.79 Å². The molecular weight excluding hydrogens is 264 g/mol. The summed E-state index contributed by atoms with van der Waals surface area (Å²) in [6.45, 7) is 0.411. The normalized spacial score (nSPS) is 9.95. The van der Waals surface area contributed by atoms with Crippen molar-refractivity contribution in [1.82, 2.24) is 4.98 Å². The van der Waals surface area contributed by atoms with Crippen LogP contribution in [0.25, 0.3) is 0 Å². The molecule has 2 aromatic rings. The van der Waals surface area contributed by atoms with Gasteiger partial charge in [-0.1, -0.05) is 6.07 Å². The number of nitrogens with one attached hydrogen (secondary N) is 1. The van der Waals surface area contributed by atoms with Crippen LogP contribution in [0.5, 0.6) is 5.75 Å². The van der Waals surface area contributed by atoms with Crippen LogP contribution in [-0.2, 0) is 11.4 Å². The van der Waals surface area contributed by atoms with Gasteiger partial charge in [0.2, 0.25) is 5.91 Å². The highest BCUT2D eigenvalue weighted by atomic mass is 35.5. The summed E-state index contributed by atoms with van der Waals surface area (Å²) in [5.41, 5.74) is 1.55. The SMILES string of the molecule is O=C(CCl)Nc1ccc(OCc2ccccn2)cc1. The second-order valence-electron chi connectivity index (χ2n) is 3.82. The predicted molar refractivity (Wildman–Crippen MR) is 74.4 cm³/mol. The predicted octanol–water partition coefficient (Wildman–Crippen LogP) is 2.84. The van der Waals surface area contributed by atoms with Crippen LogP contribution in [0.4, 0.5) is 5.69 Å². The Kier molecular flexibility index (Phi) is 4.75. The van der Waals surface area contributed by atoms with Gasteiger partial charge in [0.05, 0.1) is 5.69 Å². The lowest BCUT2D eigenvalue weighted by Gasteiger charge is -2.07. The molecule has 1 amide bonds. The van der Waals surface area contributed by atoms with Crippen molar-refractivity contribution in [2.75, 3.05) is 11.2 Å². The molecule has 4 nitrogen and oxygen atoms in total. The summed E-state index contributed by atoms with van der Waals surface area (Å²) in [6.07, 6.45) is 1.73. The average Bonchev–Trinajstić information content (AvgIpc) is 2.47. The number of carbonyl (C=O) groups is 1. The van der Waals surface area contributed by atoms with E-state index >= 15 is 0 Å². The van der Waals surface area contributed by atoms with Gasteiger partial charge in [0.1, 0.15) is 18.2 Å². The molecule has 0 fully saturated rings. The first-order valence-corrected chi connectivity index (χ1v) is 6.30. The highest BCUT2D eigenvalue weighted by molar-refractivity contribution is 6.29. The molecule has 98 valence electrons. The first kappa shape index (κ1) is 13.4. The largest absolute Gasteiger partial charge is 0.487 e. The minimum Gasteiger partial charge on any atom is -0.487 e. The summed E-state index contributed by atoms with van der Waals surface area (Å²) in [5, 5.41) is 2.65. The van der Waals surface area contributed by atoms with Gasteiger partial charge in [-0.15, -0.1) is 11.6 Å². The maximum absolute atomic E-state index is 11.1. The van der Waals surface area contributed by atoms with Crippen LogP contribution in [0.3, 0.4) is 0 Å². The van der Waals surface area contributed by atoms with Crippen molar-refractivity contribution < 1.29 is 9.53 Å². The zero-order valence-electron chi connectivity index (χ0n) is 10.2. The molecule has 0 aliphatic rings. The lowest BCUT2D eigenvalue weighted by atomic mass is 10.3. The average molecular weight is 277 g/mol. The van der Waals surface area contributed by atoms with E-state index in [-0.39, 0.29) is 11.8 Å². The number of amides is 1. The van der Waals surface area contributed by atoms with E-state index in [4.69, 9.17) is 16.3 Å². The van der Waals surface area contributed by atoms with E-state index in [1.165, 1.54) is 0 Å². The summed E-state index contributed by atoms with van der Waals surface area (Å²) in [5.74, 6) is 0.427. The van der Waals surface area contributed by atoms with Crippen LogP contribution >= 0.6 is 11.6 Å². The van der Waals surface area contributed by atoms with Crippen LogP contribution in [0.15, 0.2) is 48.7 Å². The standard InChI is InChI=1S/C14H13ClN2O2/c15-9-14(18)17-11-4-6-13(7-5-11)19-10-12-3-1-2-8-16-12/h1-8H,9-10H2,(H,17,18). The monoisotopic (exact) mass is 276 g/mol. The molecule has 1 heterocycles. The lowest BCUT2D eigenvalue weighted by molar-refractivity contribution is -0.113. The first-order chi connectivity index (χ1) is 9.28. The number of rotatable bonds is 5. The van der Waals surface area contributed by atoms with Crippen molar-refractivity contribution in [3.63, 3.8) is 0 Å². The smallest absolute Gasteiger partial charge is 0.239 e. The Morgan fingerprint density at radius 3 is 2.63 bits per heavy atom. The second kappa shape index (κ2) is 6.75. The molecule has 0 aliphatic heterocycles. The Morgan fingerprint density at radius 1 is 1.21 bits per heavy atom. The number of hydrogen-bond donors (Lipinski definition) is 1. The van der Waals surface area contributed by atoms with Gasteiger partial charge in [0.25, 0.3) is 0 Å². The number of ether oxygens (including phenoxy) is 1. The maximum Gasteiger partial charge on any atom is 0.239 e. The van der Waals surface area contributed by atoms with Crippen LogP contribution in [0, 0.1) is 0 Å². The molecular formula is C14H13ClN2O2. The van der Waals surface area contributed by atoms with Crippen LogP contribution in [-0.4, -0.2) is 16.8 Å². The quantitative estimate of drug-likeness (QED) is 0.855. The summed E-state index contributed by atoms with van der Waals surface area (Å²) >= 11 is 5.41. The molecule has 0 unspecified atom stereocenters. The molecule has 1 aromatic carbocycles. The zero-order valence-corrected chi connectivity index (χ0v) is 10.9. The highest BCUT2D eigenvalue weighted by Gasteiger charge is 2.01. The molecule has 5 heteroatoms. The van der Waals surface area contributed by atoms with Gasteiger partial charge in [-0.25, -0.2) is 0 Å². The number of carbonyl (C=O) groups excluding carboxylic acids is 1. The molecule has 1 aromatic heterocycles. The minimum atomic E-state index is -0.233. The number of anilines is 1. The van der Waals surface area contributed by atoms with Crippen molar-refractivity contribution >= 4 is 23.2 Å². The van der Waals surface area contributed by atoms with Gasteiger partial charge in [-0.2, -0.15) is 0 Å². The van der Waals surface area contributed by atoms with Crippen LogP contribution in [0.1, 0.15) is 5.69 Å².